The zero-order valence-corrected chi connectivity index (χ0v) is 12.7. The molecule has 2 unspecified atom stereocenters. The maximum Gasteiger partial charge on any atom is 0.307 e. The number of aliphatic carboxylic acids is 1. The van der Waals surface area contributed by atoms with Crippen LogP contribution in [0.1, 0.15) is 18.4 Å². The average Bonchev–Trinajstić information content (AvgIpc) is 3.02. The van der Waals surface area contributed by atoms with E-state index >= 15 is 0 Å². The Labute approximate surface area is 134 Å². The van der Waals surface area contributed by atoms with Crippen molar-refractivity contribution in [3.05, 3.63) is 35.9 Å². The molecule has 0 spiro atoms. The first kappa shape index (κ1) is 15.4. The molecule has 1 heterocycles. The van der Waals surface area contributed by atoms with Gasteiger partial charge in [0.05, 0.1) is 11.8 Å². The van der Waals surface area contributed by atoms with Crippen molar-refractivity contribution >= 4 is 11.9 Å². The number of amides is 1. The largest absolute Gasteiger partial charge is 0.481 e. The van der Waals surface area contributed by atoms with Gasteiger partial charge in [-0.05, 0) is 37.0 Å². The van der Waals surface area contributed by atoms with E-state index < -0.39 is 17.8 Å². The summed E-state index contributed by atoms with van der Waals surface area (Å²) in [5.41, 5.74) is 1.04. The van der Waals surface area contributed by atoms with Crippen LogP contribution in [-0.2, 0) is 16.0 Å². The van der Waals surface area contributed by atoms with E-state index in [4.69, 9.17) is 9.47 Å². The number of carbonyl (C=O) groups is 2. The quantitative estimate of drug-likeness (QED) is 0.808. The summed E-state index contributed by atoms with van der Waals surface area (Å²) in [6.45, 7) is 0.701. The van der Waals surface area contributed by atoms with Gasteiger partial charge in [0.2, 0.25) is 12.7 Å². The Balaban J connectivity index is 1.53. The smallest absolute Gasteiger partial charge is 0.307 e. The predicted molar refractivity (Wildman–Crippen MR) is 82.3 cm³/mol. The minimum Gasteiger partial charge on any atom is -0.481 e. The maximum absolute atomic E-state index is 12.2. The van der Waals surface area contributed by atoms with Crippen LogP contribution in [-0.4, -0.2) is 30.3 Å². The summed E-state index contributed by atoms with van der Waals surface area (Å²) in [6, 6.07) is 5.69. The summed E-state index contributed by atoms with van der Waals surface area (Å²) in [5.74, 6) is -0.777. The first-order valence-corrected chi connectivity index (χ1v) is 7.69. The number of hydrogen-bond acceptors (Lipinski definition) is 4. The van der Waals surface area contributed by atoms with Crippen LogP contribution in [0, 0.1) is 11.8 Å². The number of carboxylic acid groups (broad SMARTS) is 1. The van der Waals surface area contributed by atoms with Crippen molar-refractivity contribution in [2.24, 2.45) is 11.8 Å². The Hall–Kier alpha value is -2.50. The van der Waals surface area contributed by atoms with Gasteiger partial charge in [0.25, 0.3) is 0 Å². The standard InChI is InChI=1S/C17H19NO5/c19-16(12-3-1-2-4-13(12)17(20)21)18-8-7-11-5-6-14-15(9-11)23-10-22-14/h1-2,5-6,9,12-13H,3-4,7-8,10H2,(H,18,19)(H,20,21). The molecule has 0 aromatic heterocycles. The van der Waals surface area contributed by atoms with Gasteiger partial charge < -0.3 is 19.9 Å². The van der Waals surface area contributed by atoms with Crippen molar-refractivity contribution in [1.82, 2.24) is 5.32 Å². The molecule has 1 amide bonds. The van der Waals surface area contributed by atoms with Gasteiger partial charge in [0, 0.05) is 6.54 Å². The summed E-state index contributed by atoms with van der Waals surface area (Å²) in [5, 5.41) is 12.1. The monoisotopic (exact) mass is 317 g/mol. The fourth-order valence-electron chi connectivity index (χ4n) is 2.93. The van der Waals surface area contributed by atoms with E-state index in [1.165, 1.54) is 0 Å². The lowest BCUT2D eigenvalue weighted by molar-refractivity contribution is -0.147. The Morgan fingerprint density at radius 1 is 1.13 bits per heavy atom. The van der Waals surface area contributed by atoms with Gasteiger partial charge in [0.15, 0.2) is 11.5 Å². The minimum atomic E-state index is -0.912. The second kappa shape index (κ2) is 6.73. The molecule has 0 radical (unpaired) electrons. The molecule has 23 heavy (non-hydrogen) atoms. The van der Waals surface area contributed by atoms with Crippen LogP contribution in [0.5, 0.6) is 11.5 Å². The van der Waals surface area contributed by atoms with Crippen molar-refractivity contribution in [1.29, 1.82) is 0 Å². The number of hydrogen-bond donors (Lipinski definition) is 2. The van der Waals surface area contributed by atoms with Crippen LogP contribution >= 0.6 is 0 Å². The lowest BCUT2D eigenvalue weighted by atomic mass is 9.82. The lowest BCUT2D eigenvalue weighted by Crippen LogP contribution is -2.39. The molecule has 1 aliphatic carbocycles. The van der Waals surface area contributed by atoms with Crippen LogP contribution in [0.4, 0.5) is 0 Å². The number of ether oxygens (including phenoxy) is 2. The van der Waals surface area contributed by atoms with Gasteiger partial charge >= 0.3 is 5.97 Å². The van der Waals surface area contributed by atoms with E-state index in [0.717, 1.165) is 17.1 Å². The molecule has 1 aliphatic heterocycles. The topological polar surface area (TPSA) is 84.9 Å². The second-order valence-electron chi connectivity index (χ2n) is 5.72. The highest BCUT2D eigenvalue weighted by Crippen LogP contribution is 2.32. The molecule has 1 aromatic rings. The van der Waals surface area contributed by atoms with E-state index in [1.54, 1.807) is 0 Å². The van der Waals surface area contributed by atoms with Crippen LogP contribution < -0.4 is 14.8 Å². The van der Waals surface area contributed by atoms with E-state index in [-0.39, 0.29) is 12.7 Å². The molecule has 0 fully saturated rings. The molecule has 0 saturated carbocycles. The number of allylic oxidation sites excluding steroid dienone is 2. The predicted octanol–water partition coefficient (Wildman–Crippen LogP) is 1.74. The molecule has 6 nitrogen and oxygen atoms in total. The molecule has 122 valence electrons. The maximum atomic E-state index is 12.2. The zero-order chi connectivity index (χ0) is 16.2. The third kappa shape index (κ3) is 3.47. The van der Waals surface area contributed by atoms with E-state index in [9.17, 15) is 14.7 Å². The van der Waals surface area contributed by atoms with E-state index in [2.05, 4.69) is 5.32 Å². The summed E-state index contributed by atoms with van der Waals surface area (Å²) in [7, 11) is 0. The van der Waals surface area contributed by atoms with Gasteiger partial charge in [-0.1, -0.05) is 18.2 Å². The molecule has 2 N–H and O–H groups in total. The molecule has 0 saturated heterocycles. The summed E-state index contributed by atoms with van der Waals surface area (Å²) in [4.78, 5) is 23.5. The molecule has 3 rings (SSSR count). The Bertz CT molecular complexity index is 640. The van der Waals surface area contributed by atoms with Crippen molar-refractivity contribution in [2.75, 3.05) is 13.3 Å². The van der Waals surface area contributed by atoms with Crippen molar-refractivity contribution in [3.63, 3.8) is 0 Å². The Kier molecular flexibility index (Phi) is 4.50. The van der Waals surface area contributed by atoms with Crippen LogP contribution in [0.15, 0.2) is 30.4 Å². The van der Waals surface area contributed by atoms with Gasteiger partial charge in [-0.25, -0.2) is 0 Å². The first-order valence-electron chi connectivity index (χ1n) is 7.69. The number of rotatable bonds is 5. The van der Waals surface area contributed by atoms with Gasteiger partial charge in [-0.3, -0.25) is 9.59 Å². The van der Waals surface area contributed by atoms with Gasteiger partial charge in [-0.15, -0.1) is 0 Å². The third-order valence-corrected chi connectivity index (χ3v) is 4.24. The minimum absolute atomic E-state index is 0.192. The zero-order valence-electron chi connectivity index (χ0n) is 12.7. The molecular weight excluding hydrogens is 298 g/mol. The van der Waals surface area contributed by atoms with Crippen LogP contribution in [0.2, 0.25) is 0 Å². The lowest BCUT2D eigenvalue weighted by Gasteiger charge is -2.24. The highest BCUT2D eigenvalue weighted by atomic mass is 16.7. The molecule has 2 aliphatic rings. The Morgan fingerprint density at radius 3 is 2.65 bits per heavy atom. The molecule has 2 atom stereocenters. The molecule has 0 bridgehead atoms. The number of carbonyl (C=O) groups excluding carboxylic acids is 1. The molecule has 6 heteroatoms. The first-order chi connectivity index (χ1) is 11.1. The van der Waals surface area contributed by atoms with Crippen molar-refractivity contribution in [2.45, 2.75) is 19.3 Å². The highest BCUT2D eigenvalue weighted by Gasteiger charge is 2.33. The number of fused-ring (bicyclic) bond motifs is 1. The number of benzene rings is 1. The van der Waals surface area contributed by atoms with Crippen LogP contribution in [0.3, 0.4) is 0 Å². The average molecular weight is 317 g/mol. The van der Waals surface area contributed by atoms with E-state index in [0.29, 0.717) is 25.8 Å². The number of nitrogens with one attached hydrogen (secondary N) is 1. The van der Waals surface area contributed by atoms with Crippen molar-refractivity contribution in [3.8, 4) is 11.5 Å². The number of carboxylic acids is 1. The SMILES string of the molecule is O=C(O)C1CC=CCC1C(=O)NCCc1ccc2c(c1)OCO2. The normalized spacial score (nSPS) is 21.9. The van der Waals surface area contributed by atoms with E-state index in [1.807, 2.05) is 30.4 Å². The molecular formula is C17H19NO5. The van der Waals surface area contributed by atoms with Gasteiger partial charge in [-0.2, -0.15) is 0 Å². The van der Waals surface area contributed by atoms with Gasteiger partial charge in [0.1, 0.15) is 0 Å². The third-order valence-electron chi connectivity index (χ3n) is 4.24. The highest BCUT2D eigenvalue weighted by molar-refractivity contribution is 5.85. The summed E-state index contributed by atoms with van der Waals surface area (Å²) >= 11 is 0. The second-order valence-corrected chi connectivity index (χ2v) is 5.72. The summed E-state index contributed by atoms with van der Waals surface area (Å²) in [6.07, 6.45) is 5.25. The Morgan fingerprint density at radius 2 is 1.87 bits per heavy atom. The summed E-state index contributed by atoms with van der Waals surface area (Å²) < 4.78 is 10.6. The van der Waals surface area contributed by atoms with Crippen LogP contribution in [0.25, 0.3) is 0 Å². The fourth-order valence-corrected chi connectivity index (χ4v) is 2.93. The van der Waals surface area contributed by atoms with Crippen molar-refractivity contribution < 1.29 is 24.2 Å². The fraction of sp³-hybridized carbons (Fsp3) is 0.412. The molecule has 1 aromatic carbocycles.